The molecule has 1 heterocycles. The largest absolute Gasteiger partial charge is 0.478 e. The van der Waals surface area contributed by atoms with E-state index in [1.54, 1.807) is 0 Å². The molecule has 1 aromatic carbocycles. The number of nitrogens with one attached hydrogen (secondary N) is 1. The van der Waals surface area contributed by atoms with Gasteiger partial charge >= 0.3 is 5.97 Å². The predicted octanol–water partition coefficient (Wildman–Crippen LogP) is 2.02. The lowest BCUT2D eigenvalue weighted by molar-refractivity contribution is 0.0692. The van der Waals surface area contributed by atoms with Gasteiger partial charge in [0.05, 0.1) is 16.9 Å². The Kier molecular flexibility index (Phi) is 3.42. The fourth-order valence-corrected chi connectivity index (χ4v) is 2.90. The molecule has 6 heteroatoms. The first-order valence-corrected chi connectivity index (χ1v) is 6.40. The zero-order valence-corrected chi connectivity index (χ0v) is 9.89. The van der Waals surface area contributed by atoms with Gasteiger partial charge in [0.1, 0.15) is 5.82 Å². The fraction of sp³-hybridized carbons (Fsp3) is 0.364. The highest BCUT2D eigenvalue weighted by atomic mass is 32.2. The number of thioether (sulfide) groups is 1. The molecule has 0 spiro atoms. The fourth-order valence-electron chi connectivity index (χ4n) is 1.75. The second-order valence-electron chi connectivity index (χ2n) is 3.93. The van der Waals surface area contributed by atoms with Crippen molar-refractivity contribution in [1.82, 2.24) is 0 Å². The lowest BCUT2D eigenvalue weighted by atomic mass is 10.1. The number of hydrogen-bond acceptors (Lipinski definition) is 4. The summed E-state index contributed by atoms with van der Waals surface area (Å²) in [6.45, 7) is 0. The van der Waals surface area contributed by atoms with E-state index in [0.29, 0.717) is 5.69 Å². The third-order valence-electron chi connectivity index (χ3n) is 2.66. The van der Waals surface area contributed by atoms with Crippen molar-refractivity contribution in [3.8, 4) is 0 Å². The first-order valence-electron chi connectivity index (χ1n) is 5.24. The number of rotatable bonds is 3. The zero-order chi connectivity index (χ0) is 12.4. The maximum Gasteiger partial charge on any atom is 0.338 e. The summed E-state index contributed by atoms with van der Waals surface area (Å²) >= 11 is 1.83. The van der Waals surface area contributed by atoms with Gasteiger partial charge in [0, 0.05) is 11.8 Å². The first-order chi connectivity index (χ1) is 8.08. The number of benzene rings is 1. The van der Waals surface area contributed by atoms with Crippen LogP contribution in [0.4, 0.5) is 15.8 Å². The summed E-state index contributed by atoms with van der Waals surface area (Å²) in [5.41, 5.74) is 6.05. The molecular formula is C11H13FN2O2S. The number of carboxylic acid groups (broad SMARTS) is 1. The Labute approximate surface area is 102 Å². The molecule has 2 rings (SSSR count). The van der Waals surface area contributed by atoms with Crippen LogP contribution in [-0.4, -0.2) is 28.6 Å². The van der Waals surface area contributed by atoms with Crippen LogP contribution in [0.15, 0.2) is 12.1 Å². The maximum atomic E-state index is 13.5. The molecule has 0 bridgehead atoms. The number of carboxylic acids is 1. The van der Waals surface area contributed by atoms with Crippen LogP contribution >= 0.6 is 11.8 Å². The van der Waals surface area contributed by atoms with Gasteiger partial charge in [0.15, 0.2) is 0 Å². The minimum atomic E-state index is -1.31. The van der Waals surface area contributed by atoms with Gasteiger partial charge in [0.2, 0.25) is 0 Å². The minimum Gasteiger partial charge on any atom is -0.478 e. The Bertz CT molecular complexity index is 447. The Morgan fingerprint density at radius 2 is 2.35 bits per heavy atom. The number of halogens is 1. The van der Waals surface area contributed by atoms with Crippen LogP contribution in [0.1, 0.15) is 16.8 Å². The van der Waals surface area contributed by atoms with Crippen molar-refractivity contribution in [3.63, 3.8) is 0 Å². The van der Waals surface area contributed by atoms with E-state index in [1.807, 2.05) is 11.8 Å². The molecule has 4 nitrogen and oxygen atoms in total. The van der Waals surface area contributed by atoms with Crippen LogP contribution in [0, 0.1) is 5.82 Å². The molecule has 4 N–H and O–H groups in total. The summed E-state index contributed by atoms with van der Waals surface area (Å²) in [5, 5.41) is 11.9. The number of hydrogen-bond donors (Lipinski definition) is 3. The normalized spacial score (nSPS) is 19.2. The van der Waals surface area contributed by atoms with E-state index in [1.165, 1.54) is 0 Å². The first kappa shape index (κ1) is 12.0. The quantitative estimate of drug-likeness (QED) is 0.721. The van der Waals surface area contributed by atoms with Gasteiger partial charge in [-0.15, -0.1) is 0 Å². The van der Waals surface area contributed by atoms with Crippen LogP contribution in [0.3, 0.4) is 0 Å². The van der Waals surface area contributed by atoms with Crippen molar-refractivity contribution >= 4 is 29.1 Å². The van der Waals surface area contributed by atoms with Gasteiger partial charge in [-0.3, -0.25) is 0 Å². The van der Waals surface area contributed by atoms with Crippen LogP contribution < -0.4 is 11.1 Å². The topological polar surface area (TPSA) is 75.4 Å². The second-order valence-corrected chi connectivity index (χ2v) is 5.08. The van der Waals surface area contributed by atoms with Gasteiger partial charge in [-0.25, -0.2) is 9.18 Å². The van der Waals surface area contributed by atoms with Crippen molar-refractivity contribution < 1.29 is 14.3 Å². The third kappa shape index (κ3) is 2.63. The average molecular weight is 256 g/mol. The summed E-state index contributed by atoms with van der Waals surface area (Å²) in [4.78, 5) is 10.7. The SMILES string of the molecule is Nc1cc(C(=O)O)c(F)cc1NC1CCSC1. The third-order valence-corrected chi connectivity index (χ3v) is 3.82. The van der Waals surface area contributed by atoms with Gasteiger partial charge in [-0.1, -0.05) is 0 Å². The van der Waals surface area contributed by atoms with Crippen LogP contribution in [0.5, 0.6) is 0 Å². The number of carbonyl (C=O) groups is 1. The second kappa shape index (κ2) is 4.83. The molecule has 17 heavy (non-hydrogen) atoms. The molecule has 0 amide bonds. The Hall–Kier alpha value is -1.43. The average Bonchev–Trinajstić information content (AvgIpc) is 2.75. The summed E-state index contributed by atoms with van der Waals surface area (Å²) in [7, 11) is 0. The molecule has 1 unspecified atom stereocenters. The Morgan fingerprint density at radius 3 is 2.94 bits per heavy atom. The molecule has 0 radical (unpaired) electrons. The summed E-state index contributed by atoms with van der Waals surface area (Å²) in [5.74, 6) is -0.0355. The monoisotopic (exact) mass is 256 g/mol. The van der Waals surface area contributed by atoms with E-state index >= 15 is 0 Å². The Balaban J connectivity index is 2.23. The molecule has 92 valence electrons. The zero-order valence-electron chi connectivity index (χ0n) is 9.07. The molecule has 1 aliphatic rings. The smallest absolute Gasteiger partial charge is 0.338 e. The van der Waals surface area contributed by atoms with Crippen molar-refractivity contribution in [2.45, 2.75) is 12.5 Å². The standard InChI is InChI=1S/C11H13FN2O2S/c12-8-4-10(14-6-1-2-17-5-6)9(13)3-7(8)11(15)16/h3-4,6,14H,1-2,5,13H2,(H,15,16). The maximum absolute atomic E-state index is 13.5. The lowest BCUT2D eigenvalue weighted by Gasteiger charge is -2.15. The molecule has 1 atom stereocenters. The number of nitrogen functional groups attached to an aromatic ring is 1. The lowest BCUT2D eigenvalue weighted by Crippen LogP contribution is -2.19. The molecular weight excluding hydrogens is 243 g/mol. The molecule has 1 aromatic rings. The van der Waals surface area contributed by atoms with Crippen LogP contribution in [0.25, 0.3) is 0 Å². The van der Waals surface area contributed by atoms with E-state index in [0.717, 1.165) is 30.1 Å². The summed E-state index contributed by atoms with van der Waals surface area (Å²) in [6, 6.07) is 2.58. The molecule has 0 aliphatic carbocycles. The summed E-state index contributed by atoms with van der Waals surface area (Å²) < 4.78 is 13.5. The molecule has 0 aromatic heterocycles. The van der Waals surface area contributed by atoms with E-state index in [-0.39, 0.29) is 11.7 Å². The highest BCUT2D eigenvalue weighted by molar-refractivity contribution is 7.99. The summed E-state index contributed by atoms with van der Waals surface area (Å²) in [6.07, 6.45) is 1.01. The number of aromatic carboxylic acids is 1. The van der Waals surface area contributed by atoms with Crippen LogP contribution in [0.2, 0.25) is 0 Å². The highest BCUT2D eigenvalue weighted by Crippen LogP contribution is 2.27. The molecule has 1 aliphatic heterocycles. The minimum absolute atomic E-state index is 0.265. The van der Waals surface area contributed by atoms with Crippen molar-refractivity contribution in [3.05, 3.63) is 23.5 Å². The Morgan fingerprint density at radius 1 is 1.59 bits per heavy atom. The molecule has 1 saturated heterocycles. The highest BCUT2D eigenvalue weighted by Gasteiger charge is 2.18. The van der Waals surface area contributed by atoms with Crippen molar-refractivity contribution in [2.24, 2.45) is 0 Å². The molecule has 1 fully saturated rings. The predicted molar refractivity (Wildman–Crippen MR) is 67.1 cm³/mol. The van der Waals surface area contributed by atoms with Crippen molar-refractivity contribution in [2.75, 3.05) is 22.6 Å². The van der Waals surface area contributed by atoms with E-state index in [4.69, 9.17) is 10.8 Å². The van der Waals surface area contributed by atoms with Crippen LogP contribution in [-0.2, 0) is 0 Å². The van der Waals surface area contributed by atoms with E-state index in [9.17, 15) is 9.18 Å². The van der Waals surface area contributed by atoms with Gasteiger partial charge in [-0.05, 0) is 24.3 Å². The van der Waals surface area contributed by atoms with Gasteiger partial charge in [-0.2, -0.15) is 11.8 Å². The van der Waals surface area contributed by atoms with Crippen molar-refractivity contribution in [1.29, 1.82) is 0 Å². The van der Waals surface area contributed by atoms with Gasteiger partial charge < -0.3 is 16.2 Å². The number of anilines is 2. The van der Waals surface area contributed by atoms with Gasteiger partial charge in [0.25, 0.3) is 0 Å². The van der Waals surface area contributed by atoms with E-state index in [2.05, 4.69) is 5.32 Å². The van der Waals surface area contributed by atoms with E-state index < -0.39 is 17.3 Å². The number of nitrogens with two attached hydrogens (primary N) is 1. The molecule has 0 saturated carbocycles.